The van der Waals surface area contributed by atoms with E-state index in [1.54, 1.807) is 30.1 Å². The van der Waals surface area contributed by atoms with Crippen LogP contribution >= 0.6 is 15.9 Å². The summed E-state index contributed by atoms with van der Waals surface area (Å²) in [7, 11) is 1.71. The van der Waals surface area contributed by atoms with Gasteiger partial charge in [0.2, 0.25) is 5.91 Å². The maximum absolute atomic E-state index is 13.1. The van der Waals surface area contributed by atoms with Gasteiger partial charge in [0.15, 0.2) is 5.82 Å². The smallest absolute Gasteiger partial charge is 0.341 e. The fourth-order valence-corrected chi connectivity index (χ4v) is 2.94. The Balaban J connectivity index is 1.64. The van der Waals surface area contributed by atoms with E-state index in [0.29, 0.717) is 22.4 Å². The number of amides is 1. The highest BCUT2D eigenvalue weighted by molar-refractivity contribution is 9.10. The quantitative estimate of drug-likeness (QED) is 0.688. The number of halogens is 2. The molecule has 3 rings (SSSR count). The van der Waals surface area contributed by atoms with Crippen LogP contribution < -0.4 is 5.76 Å². The first-order valence-electron chi connectivity index (χ1n) is 7.75. The molecular weight excluding hydrogens is 405 g/mol. The lowest BCUT2D eigenvalue weighted by Gasteiger charge is -2.18. The molecule has 1 amide bonds. The van der Waals surface area contributed by atoms with Gasteiger partial charge in [-0.1, -0.05) is 51.4 Å². The lowest BCUT2D eigenvalue weighted by atomic mass is 10.1. The molecular formula is C18H15BrFN3O3. The number of hydrogen-bond acceptors (Lipinski definition) is 4. The second-order valence-electron chi connectivity index (χ2n) is 5.80. The molecule has 0 aliphatic rings. The standard InChI is InChI=1S/C18H15BrFN3O3/c1-23(16(24)8-13-6-7-14(20)9-15(13)19)10-11-2-4-12(5-3-11)17-21-18(25)26-22-17/h2-7,9H,8,10H2,1H3,(H,21,22,25). The van der Waals surface area contributed by atoms with Gasteiger partial charge in [-0.15, -0.1) is 0 Å². The molecule has 6 nitrogen and oxygen atoms in total. The predicted molar refractivity (Wildman–Crippen MR) is 96.8 cm³/mol. The van der Waals surface area contributed by atoms with Crippen molar-refractivity contribution >= 4 is 21.8 Å². The first kappa shape index (κ1) is 18.1. The minimum atomic E-state index is -0.610. The molecule has 0 unspecified atom stereocenters. The first-order valence-corrected chi connectivity index (χ1v) is 8.55. The number of rotatable bonds is 5. The molecule has 0 aliphatic heterocycles. The van der Waals surface area contributed by atoms with Crippen LogP contribution in [-0.4, -0.2) is 28.0 Å². The van der Waals surface area contributed by atoms with Gasteiger partial charge in [-0.2, -0.15) is 0 Å². The van der Waals surface area contributed by atoms with E-state index in [0.717, 1.165) is 11.1 Å². The van der Waals surface area contributed by atoms with Crippen molar-refractivity contribution in [3.05, 3.63) is 74.4 Å². The Bertz CT molecular complexity index is 982. The number of benzene rings is 2. The molecule has 8 heteroatoms. The SMILES string of the molecule is CN(Cc1ccc(-c2noc(=O)[nH]2)cc1)C(=O)Cc1ccc(F)cc1Br. The van der Waals surface area contributed by atoms with E-state index in [1.165, 1.54) is 12.1 Å². The zero-order valence-corrected chi connectivity index (χ0v) is 15.4. The van der Waals surface area contributed by atoms with Crippen LogP contribution in [0, 0.1) is 5.82 Å². The molecule has 3 aromatic rings. The van der Waals surface area contributed by atoms with E-state index in [4.69, 9.17) is 0 Å². The Kier molecular flexibility index (Phi) is 5.32. The summed E-state index contributed by atoms with van der Waals surface area (Å²) in [6.07, 6.45) is 0.176. The number of likely N-dealkylation sites (N-methyl/N-ethyl adjacent to an activating group) is 1. The number of H-pyrrole nitrogens is 1. The van der Waals surface area contributed by atoms with Crippen molar-refractivity contribution in [3.8, 4) is 11.4 Å². The molecule has 134 valence electrons. The minimum absolute atomic E-state index is 0.0813. The van der Waals surface area contributed by atoms with E-state index in [9.17, 15) is 14.0 Å². The Morgan fingerprint density at radius 3 is 2.62 bits per heavy atom. The van der Waals surface area contributed by atoms with Crippen LogP contribution in [0.4, 0.5) is 4.39 Å². The molecule has 0 radical (unpaired) electrons. The van der Waals surface area contributed by atoms with Crippen molar-refractivity contribution in [1.82, 2.24) is 15.0 Å². The minimum Gasteiger partial charge on any atom is -0.341 e. The third kappa shape index (κ3) is 4.26. The lowest BCUT2D eigenvalue weighted by Crippen LogP contribution is -2.27. The van der Waals surface area contributed by atoms with Crippen molar-refractivity contribution in [2.75, 3.05) is 7.05 Å². The van der Waals surface area contributed by atoms with Crippen molar-refractivity contribution in [1.29, 1.82) is 0 Å². The van der Waals surface area contributed by atoms with Crippen molar-refractivity contribution in [2.45, 2.75) is 13.0 Å². The largest absolute Gasteiger partial charge is 0.439 e. The molecule has 2 aromatic carbocycles. The summed E-state index contributed by atoms with van der Waals surface area (Å²) >= 11 is 3.27. The first-order chi connectivity index (χ1) is 12.4. The third-order valence-electron chi connectivity index (χ3n) is 3.87. The molecule has 26 heavy (non-hydrogen) atoms. The summed E-state index contributed by atoms with van der Waals surface area (Å²) in [5, 5.41) is 3.63. The lowest BCUT2D eigenvalue weighted by molar-refractivity contribution is -0.129. The van der Waals surface area contributed by atoms with E-state index >= 15 is 0 Å². The molecule has 1 N–H and O–H groups in total. The van der Waals surface area contributed by atoms with Gasteiger partial charge in [-0.05, 0) is 23.3 Å². The van der Waals surface area contributed by atoms with E-state index in [1.807, 2.05) is 12.1 Å². The van der Waals surface area contributed by atoms with Crippen LogP contribution in [0.2, 0.25) is 0 Å². The van der Waals surface area contributed by atoms with Crippen LogP contribution in [0.15, 0.2) is 56.3 Å². The number of nitrogens with zero attached hydrogens (tertiary/aromatic N) is 2. The Morgan fingerprint density at radius 1 is 1.27 bits per heavy atom. The highest BCUT2D eigenvalue weighted by Crippen LogP contribution is 2.20. The molecule has 0 saturated heterocycles. The summed E-state index contributed by atoms with van der Waals surface area (Å²) in [5.74, 6) is -0.689. The second-order valence-corrected chi connectivity index (χ2v) is 6.66. The summed E-state index contributed by atoms with van der Waals surface area (Å²) in [5.41, 5.74) is 2.37. The summed E-state index contributed by atoms with van der Waals surface area (Å²) < 4.78 is 18.2. The molecule has 1 aromatic heterocycles. The molecule has 0 atom stereocenters. The number of carbonyl (C=O) groups excluding carboxylic acids is 1. The molecule has 0 aliphatic carbocycles. The fourth-order valence-electron chi connectivity index (χ4n) is 2.45. The average Bonchev–Trinajstić information content (AvgIpc) is 3.04. The molecule has 0 fully saturated rings. The van der Waals surface area contributed by atoms with E-state index < -0.39 is 5.76 Å². The van der Waals surface area contributed by atoms with Crippen LogP contribution in [0.3, 0.4) is 0 Å². The average molecular weight is 420 g/mol. The van der Waals surface area contributed by atoms with Crippen molar-refractivity contribution in [3.63, 3.8) is 0 Å². The van der Waals surface area contributed by atoms with Gasteiger partial charge in [0, 0.05) is 23.6 Å². The maximum Gasteiger partial charge on any atom is 0.439 e. The number of carbonyl (C=O) groups is 1. The monoisotopic (exact) mass is 419 g/mol. The molecule has 1 heterocycles. The summed E-state index contributed by atoms with van der Waals surface area (Å²) in [6.45, 7) is 0.424. The van der Waals surface area contributed by atoms with Crippen molar-refractivity contribution < 1.29 is 13.7 Å². The van der Waals surface area contributed by atoms with E-state index in [2.05, 4.69) is 30.6 Å². The third-order valence-corrected chi connectivity index (χ3v) is 4.61. The number of aromatic nitrogens is 2. The normalized spacial score (nSPS) is 10.7. The maximum atomic E-state index is 13.1. The second kappa shape index (κ2) is 7.65. The van der Waals surface area contributed by atoms with Gasteiger partial charge < -0.3 is 4.90 Å². The van der Waals surface area contributed by atoms with Gasteiger partial charge in [-0.3, -0.25) is 14.3 Å². The summed E-state index contributed by atoms with van der Waals surface area (Å²) in [6, 6.07) is 11.5. The van der Waals surface area contributed by atoms with Crippen LogP contribution in [0.25, 0.3) is 11.4 Å². The predicted octanol–water partition coefficient (Wildman–Crippen LogP) is 3.13. The zero-order chi connectivity index (χ0) is 18.7. The number of aromatic amines is 1. The van der Waals surface area contributed by atoms with Crippen LogP contribution in [0.5, 0.6) is 0 Å². The van der Waals surface area contributed by atoms with Gasteiger partial charge in [-0.25, -0.2) is 9.18 Å². The van der Waals surface area contributed by atoms with Gasteiger partial charge in [0.25, 0.3) is 0 Å². The highest BCUT2D eigenvalue weighted by atomic mass is 79.9. The van der Waals surface area contributed by atoms with Crippen LogP contribution in [-0.2, 0) is 17.8 Å². The Labute approximate surface area is 156 Å². The Morgan fingerprint density at radius 2 is 2.00 bits per heavy atom. The number of nitrogens with one attached hydrogen (secondary N) is 1. The molecule has 0 saturated carbocycles. The Hall–Kier alpha value is -2.74. The summed E-state index contributed by atoms with van der Waals surface area (Å²) in [4.78, 5) is 27.5. The molecule has 0 bridgehead atoms. The topological polar surface area (TPSA) is 79.2 Å². The van der Waals surface area contributed by atoms with E-state index in [-0.39, 0.29) is 18.1 Å². The molecule has 0 spiro atoms. The highest BCUT2D eigenvalue weighted by Gasteiger charge is 2.13. The van der Waals surface area contributed by atoms with Gasteiger partial charge in [0.05, 0.1) is 6.42 Å². The van der Waals surface area contributed by atoms with Crippen LogP contribution in [0.1, 0.15) is 11.1 Å². The van der Waals surface area contributed by atoms with Crippen molar-refractivity contribution in [2.24, 2.45) is 0 Å². The fraction of sp³-hybridized carbons (Fsp3) is 0.167. The van der Waals surface area contributed by atoms with Gasteiger partial charge in [0.1, 0.15) is 5.82 Å². The number of hydrogen-bond donors (Lipinski definition) is 1. The van der Waals surface area contributed by atoms with Gasteiger partial charge >= 0.3 is 5.76 Å². The zero-order valence-electron chi connectivity index (χ0n) is 13.8.